The minimum absolute atomic E-state index is 0. The molecule has 310 valence electrons. The standard InChI is InChI=1S/C42H33N6O11S2.3Na/c1-25-7-9-31(10-8-25)44-39(50)27-20-29(41(52)46-33-13-17-37(18-14-33)61(57,58)59)24-35(22-27)48-42(53)47-34-21-26(38(49)43-30-5-3-2-4-6-30)19-28(23-34)40(51)45-32-11-15-36(16-12-32)60(54,55)56;;;/h3-24H,1H3,(H,43,49)(H,44,50)(H,45,51)(H,46,52)(H2,47,48,53)(H,54,55,56)(H,57,58,59);;;/q-1;3*+1/p-2. The van der Waals surface area contributed by atoms with Gasteiger partial charge in [-0.1, -0.05) is 23.4 Å². The van der Waals surface area contributed by atoms with Gasteiger partial charge in [-0.2, -0.15) is 18.2 Å². The van der Waals surface area contributed by atoms with E-state index in [1.807, 2.05) is 6.92 Å². The molecule has 0 radical (unpaired) electrons. The minimum Gasteiger partial charge on any atom is -0.744 e. The first-order valence-electron chi connectivity index (χ1n) is 17.7. The largest absolute Gasteiger partial charge is 1.00 e. The maximum absolute atomic E-state index is 13.6. The third-order valence-electron chi connectivity index (χ3n) is 8.52. The van der Waals surface area contributed by atoms with Gasteiger partial charge in [0, 0.05) is 50.7 Å². The molecule has 0 spiro atoms. The van der Waals surface area contributed by atoms with Crippen LogP contribution in [-0.4, -0.2) is 55.6 Å². The van der Waals surface area contributed by atoms with Crippen molar-refractivity contribution in [3.05, 3.63) is 167 Å². The van der Waals surface area contributed by atoms with Crippen LogP contribution in [0.2, 0.25) is 0 Å². The van der Waals surface area contributed by atoms with E-state index in [1.54, 1.807) is 48.5 Å². The Hall–Kier alpha value is -4.71. The molecule has 17 nitrogen and oxygen atoms in total. The quantitative estimate of drug-likeness (QED) is 0.0417. The third-order valence-corrected chi connectivity index (χ3v) is 10.2. The summed E-state index contributed by atoms with van der Waals surface area (Å²) < 4.78 is 68.1. The number of urea groups is 1. The summed E-state index contributed by atoms with van der Waals surface area (Å²) in [6, 6.07) is 31.4. The van der Waals surface area contributed by atoms with Crippen molar-refractivity contribution in [1.29, 1.82) is 0 Å². The number of amides is 6. The van der Waals surface area contributed by atoms with E-state index in [1.165, 1.54) is 60.7 Å². The Morgan fingerprint density at radius 1 is 0.406 bits per heavy atom. The third kappa shape index (κ3) is 15.2. The van der Waals surface area contributed by atoms with Crippen molar-refractivity contribution < 1.29 is 139 Å². The fourth-order valence-corrected chi connectivity index (χ4v) is 6.49. The van der Waals surface area contributed by atoms with E-state index in [9.17, 15) is 49.9 Å². The second-order valence-corrected chi connectivity index (χ2v) is 15.9. The molecule has 6 aromatic carbocycles. The van der Waals surface area contributed by atoms with E-state index in [4.69, 9.17) is 0 Å². The van der Waals surface area contributed by atoms with Crippen molar-refractivity contribution in [2.75, 3.05) is 31.9 Å². The predicted octanol–water partition coefficient (Wildman–Crippen LogP) is -2.73. The van der Waals surface area contributed by atoms with Crippen molar-refractivity contribution in [2.45, 2.75) is 16.7 Å². The van der Waals surface area contributed by atoms with Crippen molar-refractivity contribution in [3.63, 3.8) is 0 Å². The van der Waals surface area contributed by atoms with Crippen molar-refractivity contribution in [1.82, 2.24) is 0 Å². The monoisotopic (exact) mass is 928 g/mol. The molecule has 22 heteroatoms. The molecule has 6 rings (SSSR count). The first-order chi connectivity index (χ1) is 28.9. The summed E-state index contributed by atoms with van der Waals surface area (Å²) >= 11 is 0. The Kier molecular flexibility index (Phi) is 19.7. The molecule has 0 aliphatic carbocycles. The van der Waals surface area contributed by atoms with E-state index in [2.05, 4.69) is 38.0 Å². The molecule has 0 heterocycles. The number of carbonyl (C=O) groups excluding carboxylic acids is 5. The molecular formula is C42H31N6Na3O11S2. The van der Waals surface area contributed by atoms with Crippen LogP contribution in [-0.2, 0) is 20.2 Å². The Morgan fingerprint density at radius 2 is 0.688 bits per heavy atom. The Labute approximate surface area is 434 Å². The number of aryl methyl sites for hydroxylation is 1. The number of benzene rings is 6. The average Bonchev–Trinajstić information content (AvgIpc) is 3.21. The number of carbonyl (C=O) groups is 5. The van der Waals surface area contributed by atoms with Crippen LogP contribution >= 0.6 is 0 Å². The predicted molar refractivity (Wildman–Crippen MR) is 223 cm³/mol. The van der Waals surface area contributed by atoms with Crippen LogP contribution in [0.1, 0.15) is 47.0 Å². The molecule has 0 saturated heterocycles. The van der Waals surface area contributed by atoms with Gasteiger partial charge in [0.2, 0.25) is 0 Å². The van der Waals surface area contributed by atoms with Crippen LogP contribution in [0.3, 0.4) is 0 Å². The second kappa shape index (κ2) is 23.5. The van der Waals surface area contributed by atoms with Crippen molar-refractivity contribution >= 4 is 84.0 Å². The molecule has 0 atom stereocenters. The molecule has 0 fully saturated rings. The number of nitrogens with one attached hydrogen (secondary N) is 6. The zero-order chi connectivity index (χ0) is 43.9. The normalized spacial score (nSPS) is 10.6. The minimum atomic E-state index is -4.75. The van der Waals surface area contributed by atoms with E-state index in [-0.39, 0.29) is 134 Å². The van der Waals surface area contributed by atoms with Gasteiger partial charge in [-0.3, -0.25) is 19.2 Å². The van der Waals surface area contributed by atoms with Crippen molar-refractivity contribution in [3.8, 4) is 0 Å². The second-order valence-electron chi connectivity index (χ2n) is 13.1. The van der Waals surface area contributed by atoms with E-state index in [0.717, 1.165) is 29.8 Å². The summed E-state index contributed by atoms with van der Waals surface area (Å²) in [5.74, 6) is -2.87. The van der Waals surface area contributed by atoms with Gasteiger partial charge >= 0.3 is 94.7 Å². The molecule has 6 aromatic rings. The number of rotatable bonds is 12. The zero-order valence-electron chi connectivity index (χ0n) is 34.5. The molecule has 64 heavy (non-hydrogen) atoms. The Bertz CT molecular complexity index is 2910. The summed E-state index contributed by atoms with van der Waals surface area (Å²) in [6.07, 6.45) is 0. The molecule has 6 amide bonds. The van der Waals surface area contributed by atoms with E-state index < -0.39 is 59.7 Å². The van der Waals surface area contributed by atoms with Crippen LogP contribution in [0, 0.1) is 13.0 Å². The fourth-order valence-electron chi connectivity index (χ4n) is 5.55. The SMILES string of the molecule is Cc1ccc(NC(=O)c2cc(NC(=O)Nc3cc(C(=O)Nc4cc[c-]cc4)cc(C(=O)Nc4ccc(S(=O)(=O)[O-])cc4)c3)cc(C(=O)Nc3ccc(S(=O)(=O)[O-])cc3)c2)cc1.[Na+].[Na+].[Na+]. The molecule has 0 aliphatic rings. The Morgan fingerprint density at radius 3 is 0.984 bits per heavy atom. The molecule has 0 saturated carbocycles. The molecule has 0 aromatic heterocycles. The van der Waals surface area contributed by atoms with Gasteiger partial charge in [0.15, 0.2) is 0 Å². The number of hydrogen-bond donors (Lipinski definition) is 6. The maximum atomic E-state index is 13.6. The molecule has 0 unspecified atom stereocenters. The van der Waals surface area contributed by atoms with Gasteiger partial charge in [-0.05, 0) is 104 Å². The fraction of sp³-hybridized carbons (Fsp3) is 0.0238. The van der Waals surface area contributed by atoms with Gasteiger partial charge in [0.05, 0.1) is 9.79 Å². The molecule has 6 N–H and O–H groups in total. The summed E-state index contributed by atoms with van der Waals surface area (Å²) in [7, 11) is -9.50. The Balaban J connectivity index is 0.00000363. The first kappa shape index (κ1) is 53.6. The first-order valence-corrected chi connectivity index (χ1v) is 20.5. The molecule has 0 aliphatic heterocycles. The molecular weight excluding hydrogens is 898 g/mol. The van der Waals surface area contributed by atoms with Gasteiger partial charge in [-0.25, -0.2) is 21.6 Å². The summed E-state index contributed by atoms with van der Waals surface area (Å²) in [6.45, 7) is 1.86. The molecule has 0 bridgehead atoms. The van der Waals surface area contributed by atoms with Gasteiger partial charge in [0.1, 0.15) is 20.2 Å². The van der Waals surface area contributed by atoms with E-state index >= 15 is 0 Å². The van der Waals surface area contributed by atoms with Crippen LogP contribution in [0.25, 0.3) is 0 Å². The van der Waals surface area contributed by atoms with Crippen molar-refractivity contribution in [2.24, 2.45) is 0 Å². The van der Waals surface area contributed by atoms with Crippen LogP contribution < -0.4 is 121 Å². The van der Waals surface area contributed by atoms with Crippen LogP contribution in [0.15, 0.2) is 143 Å². The average molecular weight is 929 g/mol. The summed E-state index contributed by atoms with van der Waals surface area (Å²) in [5.41, 5.74) is 1.51. The van der Waals surface area contributed by atoms with Crippen LogP contribution in [0.4, 0.5) is 38.9 Å². The van der Waals surface area contributed by atoms with Crippen LogP contribution in [0.5, 0.6) is 0 Å². The maximum Gasteiger partial charge on any atom is 1.00 e. The van der Waals surface area contributed by atoms with Gasteiger partial charge < -0.3 is 41.0 Å². The topological polar surface area (TPSA) is 272 Å². The number of anilines is 6. The summed E-state index contributed by atoms with van der Waals surface area (Å²) in [5, 5.41) is 15.6. The van der Waals surface area contributed by atoms with E-state index in [0.29, 0.717) is 11.4 Å². The number of hydrogen-bond acceptors (Lipinski definition) is 11. The zero-order valence-corrected chi connectivity index (χ0v) is 42.1. The van der Waals surface area contributed by atoms with Gasteiger partial charge in [0.25, 0.3) is 23.6 Å². The smallest absolute Gasteiger partial charge is 0.744 e. The summed E-state index contributed by atoms with van der Waals surface area (Å²) in [4.78, 5) is 66.2. The van der Waals surface area contributed by atoms with Gasteiger partial charge in [-0.15, -0.1) is 12.1 Å².